The topological polar surface area (TPSA) is 76.1 Å². The smallest absolute Gasteiger partial charge is 0.300 e. The third-order valence-electron chi connectivity index (χ3n) is 7.31. The number of ketones is 1. The van der Waals surface area contributed by atoms with E-state index in [4.69, 9.17) is 9.47 Å². The number of thiophene rings is 1. The van der Waals surface area contributed by atoms with Gasteiger partial charge in [0.05, 0.1) is 5.57 Å². The van der Waals surface area contributed by atoms with Crippen molar-refractivity contribution in [2.45, 2.75) is 26.2 Å². The summed E-state index contributed by atoms with van der Waals surface area (Å²) >= 11 is 1.42. The molecule has 7 heteroatoms. The maximum Gasteiger partial charge on any atom is 0.300 e. The predicted molar refractivity (Wildman–Crippen MR) is 168 cm³/mol. The van der Waals surface area contributed by atoms with E-state index in [1.54, 1.807) is 42.5 Å². The van der Waals surface area contributed by atoms with Gasteiger partial charge in [0.1, 0.15) is 36.5 Å². The molecule has 0 bridgehead atoms. The average Bonchev–Trinajstić information content (AvgIpc) is 3.67. The first-order chi connectivity index (χ1) is 21.0. The van der Waals surface area contributed by atoms with E-state index in [1.807, 2.05) is 85.1 Å². The maximum atomic E-state index is 13.5. The molecule has 1 unspecified atom stereocenters. The van der Waals surface area contributed by atoms with Gasteiger partial charge in [-0.05, 0) is 77.5 Å². The van der Waals surface area contributed by atoms with Crippen molar-refractivity contribution in [2.75, 3.05) is 4.90 Å². The van der Waals surface area contributed by atoms with Crippen molar-refractivity contribution in [3.8, 4) is 11.5 Å². The minimum Gasteiger partial charge on any atom is -0.507 e. The van der Waals surface area contributed by atoms with Crippen molar-refractivity contribution >= 4 is 34.5 Å². The number of benzene rings is 4. The molecule has 6 nitrogen and oxygen atoms in total. The van der Waals surface area contributed by atoms with Crippen LogP contribution in [0.15, 0.2) is 126 Å². The first-order valence-electron chi connectivity index (χ1n) is 13.9. The van der Waals surface area contributed by atoms with E-state index in [0.29, 0.717) is 36.0 Å². The molecule has 1 aliphatic rings. The van der Waals surface area contributed by atoms with Gasteiger partial charge < -0.3 is 14.6 Å². The highest BCUT2D eigenvalue weighted by Gasteiger charge is 2.47. The van der Waals surface area contributed by atoms with E-state index >= 15 is 0 Å². The summed E-state index contributed by atoms with van der Waals surface area (Å²) in [6.45, 7) is 2.70. The third-order valence-corrected chi connectivity index (χ3v) is 8.23. The summed E-state index contributed by atoms with van der Waals surface area (Å²) in [7, 11) is 0. The van der Waals surface area contributed by atoms with E-state index < -0.39 is 17.7 Å². The van der Waals surface area contributed by atoms with Gasteiger partial charge in [0.25, 0.3) is 11.7 Å². The van der Waals surface area contributed by atoms with Crippen LogP contribution in [-0.4, -0.2) is 16.8 Å². The minimum atomic E-state index is -0.773. The molecule has 0 radical (unpaired) electrons. The Morgan fingerprint density at radius 1 is 0.791 bits per heavy atom. The van der Waals surface area contributed by atoms with Crippen LogP contribution in [0.1, 0.15) is 33.2 Å². The fourth-order valence-electron chi connectivity index (χ4n) is 5.11. The fourth-order valence-corrected chi connectivity index (χ4v) is 5.93. The zero-order valence-corrected chi connectivity index (χ0v) is 24.3. The molecule has 0 spiro atoms. The molecule has 2 heterocycles. The predicted octanol–water partition coefficient (Wildman–Crippen LogP) is 7.84. The van der Waals surface area contributed by atoms with E-state index in [-0.39, 0.29) is 11.3 Å². The van der Waals surface area contributed by atoms with Gasteiger partial charge in [-0.1, -0.05) is 66.7 Å². The molecule has 1 saturated heterocycles. The second kappa shape index (κ2) is 12.4. The third kappa shape index (κ3) is 5.94. The summed E-state index contributed by atoms with van der Waals surface area (Å²) < 4.78 is 11.9. The van der Waals surface area contributed by atoms with Crippen molar-refractivity contribution in [3.63, 3.8) is 0 Å². The monoisotopic (exact) mass is 587 g/mol. The molecule has 0 saturated carbocycles. The van der Waals surface area contributed by atoms with E-state index in [2.05, 4.69) is 0 Å². The van der Waals surface area contributed by atoms with Gasteiger partial charge in [0.2, 0.25) is 0 Å². The number of carbonyl (C=O) groups is 2. The molecule has 1 fully saturated rings. The molecule has 43 heavy (non-hydrogen) atoms. The number of hydrogen-bond acceptors (Lipinski definition) is 6. The Balaban J connectivity index is 1.28. The van der Waals surface area contributed by atoms with E-state index in [1.165, 1.54) is 16.2 Å². The highest BCUT2D eigenvalue weighted by molar-refractivity contribution is 7.10. The number of rotatable bonds is 9. The summed E-state index contributed by atoms with van der Waals surface area (Å²) in [5.41, 5.74) is 3.91. The lowest BCUT2D eigenvalue weighted by Gasteiger charge is -2.24. The molecule has 1 N–H and O–H groups in total. The first kappa shape index (κ1) is 28.0. The highest BCUT2D eigenvalue weighted by atomic mass is 32.1. The van der Waals surface area contributed by atoms with Crippen molar-refractivity contribution in [3.05, 3.63) is 153 Å². The van der Waals surface area contributed by atoms with Gasteiger partial charge in [-0.25, -0.2) is 0 Å². The lowest BCUT2D eigenvalue weighted by Crippen LogP contribution is -2.29. The van der Waals surface area contributed by atoms with Gasteiger partial charge >= 0.3 is 0 Å². The van der Waals surface area contributed by atoms with Crippen molar-refractivity contribution in [1.29, 1.82) is 0 Å². The van der Waals surface area contributed by atoms with Crippen LogP contribution < -0.4 is 14.4 Å². The summed E-state index contributed by atoms with van der Waals surface area (Å²) in [6.07, 6.45) is 0. The molecule has 1 atom stereocenters. The molecular weight excluding hydrogens is 558 g/mol. The van der Waals surface area contributed by atoms with Gasteiger partial charge in [0, 0.05) is 16.1 Å². The number of Topliss-reactive ketones (excluding diaryl/α,β-unsaturated/α-hetero) is 1. The van der Waals surface area contributed by atoms with Gasteiger partial charge in [-0.2, -0.15) is 0 Å². The number of carbonyl (C=O) groups excluding carboxylic acids is 2. The number of aliphatic hydroxyl groups is 1. The standard InChI is InChI=1S/C36H29NO5S/c1-24-21-27(14-19-30(24)42-23-26-11-6-3-7-12-26)34(38)32-33(31-13-8-20-43-31)37(36(40)35(32)39)28-15-17-29(18-16-28)41-22-25-9-4-2-5-10-25/h2-21,33,38H,22-23H2,1H3/b34-32-. The lowest BCUT2D eigenvalue weighted by molar-refractivity contribution is -0.132. The molecule has 5 aromatic rings. The van der Waals surface area contributed by atoms with Gasteiger partial charge in [-0.15, -0.1) is 11.3 Å². The van der Waals surface area contributed by atoms with E-state index in [9.17, 15) is 14.7 Å². The van der Waals surface area contributed by atoms with Crippen LogP contribution in [0.4, 0.5) is 5.69 Å². The largest absolute Gasteiger partial charge is 0.507 e. The summed E-state index contributed by atoms with van der Waals surface area (Å²) in [4.78, 5) is 29.2. The molecule has 0 aliphatic carbocycles. The Morgan fingerprint density at radius 3 is 2.05 bits per heavy atom. The Kier molecular flexibility index (Phi) is 8.07. The summed E-state index contributed by atoms with van der Waals surface area (Å²) in [5.74, 6) is -0.341. The van der Waals surface area contributed by atoms with Crippen molar-refractivity contribution < 1.29 is 24.2 Å². The van der Waals surface area contributed by atoms with Crippen molar-refractivity contribution in [2.24, 2.45) is 0 Å². The number of nitrogens with zero attached hydrogens (tertiary/aromatic N) is 1. The molecule has 4 aromatic carbocycles. The normalized spacial score (nSPS) is 15.9. The first-order valence-corrected chi connectivity index (χ1v) is 14.8. The number of hydrogen-bond donors (Lipinski definition) is 1. The maximum absolute atomic E-state index is 13.5. The lowest BCUT2D eigenvalue weighted by atomic mass is 9.98. The Bertz CT molecular complexity index is 1760. The van der Waals surface area contributed by atoms with Gasteiger partial charge in [-0.3, -0.25) is 14.5 Å². The summed E-state index contributed by atoms with van der Waals surface area (Å²) in [5, 5.41) is 13.4. The number of aryl methyl sites for hydroxylation is 1. The van der Waals surface area contributed by atoms with Crippen LogP contribution >= 0.6 is 11.3 Å². The SMILES string of the molecule is Cc1cc(/C(O)=C2/C(=O)C(=O)N(c3ccc(OCc4ccccc4)cc3)C2c2cccs2)ccc1OCc1ccccc1. The summed E-state index contributed by atoms with van der Waals surface area (Å²) in [6, 6.07) is 35.0. The minimum absolute atomic E-state index is 0.0502. The number of anilines is 1. The van der Waals surface area contributed by atoms with E-state index in [0.717, 1.165) is 21.6 Å². The average molecular weight is 588 g/mol. The Hall–Kier alpha value is -5.14. The van der Waals surface area contributed by atoms with Crippen molar-refractivity contribution in [1.82, 2.24) is 0 Å². The molecule has 214 valence electrons. The molecule has 1 aromatic heterocycles. The molecule has 1 amide bonds. The Morgan fingerprint density at radius 2 is 1.44 bits per heavy atom. The Labute approximate surface area is 254 Å². The number of aliphatic hydroxyl groups excluding tert-OH is 1. The van der Waals surface area contributed by atoms with Crippen LogP contribution in [0.3, 0.4) is 0 Å². The van der Waals surface area contributed by atoms with Crippen LogP contribution in [0.2, 0.25) is 0 Å². The zero-order valence-electron chi connectivity index (χ0n) is 23.5. The van der Waals surface area contributed by atoms with Crippen LogP contribution in [0, 0.1) is 6.92 Å². The quantitative estimate of drug-likeness (QED) is 0.108. The van der Waals surface area contributed by atoms with Crippen LogP contribution in [0.5, 0.6) is 11.5 Å². The zero-order chi connectivity index (χ0) is 29.8. The molecule has 1 aliphatic heterocycles. The fraction of sp³-hybridized carbons (Fsp3) is 0.111. The second-order valence-corrected chi connectivity index (χ2v) is 11.2. The molecule has 6 rings (SSSR count). The second-order valence-electron chi connectivity index (χ2n) is 10.2. The van der Waals surface area contributed by atoms with Gasteiger partial charge in [0.15, 0.2) is 0 Å². The number of ether oxygens (including phenoxy) is 2. The van der Waals surface area contributed by atoms with Crippen LogP contribution in [-0.2, 0) is 22.8 Å². The highest BCUT2D eigenvalue weighted by Crippen LogP contribution is 2.44. The number of amides is 1. The molecular formula is C36H29NO5S. The van der Waals surface area contributed by atoms with Crippen LogP contribution in [0.25, 0.3) is 5.76 Å².